The van der Waals surface area contributed by atoms with Crippen molar-refractivity contribution >= 4 is 5.91 Å². The Balaban J connectivity index is 2.50. The predicted molar refractivity (Wildman–Crippen MR) is 72.8 cm³/mol. The molecule has 0 saturated carbocycles. The molecule has 8 heteroatoms. The van der Waals surface area contributed by atoms with E-state index < -0.39 is 24.9 Å². The standard InChI is InChI=1S/C13H24F3N3O2/c1-4-18-5-7-19(8-6-18)12(21)10(2)17(3)9-11(20)13(14,15)16/h10-11,20H,4-9H2,1-3H3. The van der Waals surface area contributed by atoms with Gasteiger partial charge in [0.2, 0.25) is 5.91 Å². The fourth-order valence-electron chi connectivity index (χ4n) is 2.27. The Morgan fingerprint density at radius 3 is 2.24 bits per heavy atom. The summed E-state index contributed by atoms with van der Waals surface area (Å²) in [7, 11) is 1.42. The molecule has 1 saturated heterocycles. The molecule has 1 aliphatic heterocycles. The molecular weight excluding hydrogens is 287 g/mol. The smallest absolute Gasteiger partial charge is 0.382 e. The number of carbonyl (C=O) groups is 1. The number of aliphatic hydroxyl groups excluding tert-OH is 1. The van der Waals surface area contributed by atoms with Crippen molar-refractivity contribution in [2.24, 2.45) is 0 Å². The minimum Gasteiger partial charge on any atom is -0.382 e. The third kappa shape index (κ3) is 5.12. The molecule has 1 fully saturated rings. The van der Waals surface area contributed by atoms with E-state index in [1.54, 1.807) is 11.8 Å². The summed E-state index contributed by atoms with van der Waals surface area (Å²) in [6.07, 6.45) is -7.10. The molecule has 0 radical (unpaired) electrons. The van der Waals surface area contributed by atoms with Crippen molar-refractivity contribution in [1.29, 1.82) is 0 Å². The van der Waals surface area contributed by atoms with E-state index >= 15 is 0 Å². The van der Waals surface area contributed by atoms with Crippen molar-refractivity contribution in [1.82, 2.24) is 14.7 Å². The van der Waals surface area contributed by atoms with Crippen LogP contribution in [0.1, 0.15) is 13.8 Å². The van der Waals surface area contributed by atoms with Crippen molar-refractivity contribution < 1.29 is 23.1 Å². The molecule has 1 rings (SSSR count). The van der Waals surface area contributed by atoms with Gasteiger partial charge in [0.1, 0.15) is 0 Å². The first-order valence-electron chi connectivity index (χ1n) is 7.13. The molecule has 0 aromatic carbocycles. The molecule has 124 valence electrons. The Kier molecular flexibility index (Phi) is 6.42. The lowest BCUT2D eigenvalue weighted by atomic mass is 10.2. The number of hydrogen-bond acceptors (Lipinski definition) is 4. The van der Waals surface area contributed by atoms with Crippen LogP contribution in [-0.2, 0) is 4.79 Å². The van der Waals surface area contributed by atoms with Gasteiger partial charge in [-0.25, -0.2) is 0 Å². The second-order valence-corrected chi connectivity index (χ2v) is 5.43. The van der Waals surface area contributed by atoms with Gasteiger partial charge in [0, 0.05) is 32.7 Å². The van der Waals surface area contributed by atoms with Gasteiger partial charge < -0.3 is 14.9 Å². The number of carbonyl (C=O) groups excluding carboxylic acids is 1. The Bertz CT molecular complexity index is 344. The maximum atomic E-state index is 12.3. The number of amides is 1. The highest BCUT2D eigenvalue weighted by Gasteiger charge is 2.40. The molecule has 0 spiro atoms. The van der Waals surface area contributed by atoms with Crippen LogP contribution < -0.4 is 0 Å². The number of alkyl halides is 3. The van der Waals surface area contributed by atoms with E-state index in [-0.39, 0.29) is 5.91 Å². The minimum atomic E-state index is -4.66. The highest BCUT2D eigenvalue weighted by Crippen LogP contribution is 2.21. The Labute approximate surface area is 123 Å². The van der Waals surface area contributed by atoms with Crippen molar-refractivity contribution in [3.63, 3.8) is 0 Å². The quantitative estimate of drug-likeness (QED) is 0.798. The van der Waals surface area contributed by atoms with Crippen molar-refractivity contribution in [3.8, 4) is 0 Å². The predicted octanol–water partition coefficient (Wildman–Crippen LogP) is 0.394. The zero-order valence-electron chi connectivity index (χ0n) is 12.7. The van der Waals surface area contributed by atoms with Gasteiger partial charge in [-0.05, 0) is 20.5 Å². The molecule has 5 nitrogen and oxygen atoms in total. The van der Waals surface area contributed by atoms with Crippen LogP contribution in [0.5, 0.6) is 0 Å². The number of nitrogens with zero attached hydrogens (tertiary/aromatic N) is 3. The van der Waals surface area contributed by atoms with E-state index in [0.29, 0.717) is 13.1 Å². The zero-order chi connectivity index (χ0) is 16.2. The van der Waals surface area contributed by atoms with Gasteiger partial charge in [-0.2, -0.15) is 13.2 Å². The third-order valence-corrected chi connectivity index (χ3v) is 3.99. The number of hydrogen-bond donors (Lipinski definition) is 1. The number of rotatable bonds is 5. The minimum absolute atomic E-state index is 0.192. The normalized spacial score (nSPS) is 20.7. The third-order valence-electron chi connectivity index (χ3n) is 3.99. The molecule has 2 unspecified atom stereocenters. The maximum Gasteiger partial charge on any atom is 0.415 e. The van der Waals surface area contributed by atoms with Crippen molar-refractivity contribution in [2.45, 2.75) is 32.2 Å². The lowest BCUT2D eigenvalue weighted by Crippen LogP contribution is -2.54. The summed E-state index contributed by atoms with van der Waals surface area (Å²) >= 11 is 0. The lowest BCUT2D eigenvalue weighted by molar-refractivity contribution is -0.208. The number of aliphatic hydroxyl groups is 1. The summed E-state index contributed by atoms with van der Waals surface area (Å²) in [5.41, 5.74) is 0. The SMILES string of the molecule is CCN1CCN(C(=O)C(C)N(C)CC(O)C(F)(F)F)CC1. The summed E-state index contributed by atoms with van der Waals surface area (Å²) in [4.78, 5) is 17.4. The molecule has 0 aromatic heterocycles. The van der Waals surface area contributed by atoms with Gasteiger partial charge in [0.05, 0.1) is 6.04 Å². The molecule has 1 heterocycles. The molecular formula is C13H24F3N3O2. The Morgan fingerprint density at radius 1 is 1.29 bits per heavy atom. The van der Waals surface area contributed by atoms with Crippen molar-refractivity contribution in [2.75, 3.05) is 46.3 Å². The van der Waals surface area contributed by atoms with Crippen molar-refractivity contribution in [3.05, 3.63) is 0 Å². The molecule has 0 aliphatic carbocycles. The van der Waals surface area contributed by atoms with Crippen LogP contribution in [0.3, 0.4) is 0 Å². The first-order valence-corrected chi connectivity index (χ1v) is 7.13. The van der Waals surface area contributed by atoms with Gasteiger partial charge in [-0.1, -0.05) is 6.92 Å². The van der Waals surface area contributed by atoms with E-state index in [4.69, 9.17) is 5.11 Å². The monoisotopic (exact) mass is 311 g/mol. The van der Waals surface area contributed by atoms with Gasteiger partial charge in [-0.15, -0.1) is 0 Å². The van der Waals surface area contributed by atoms with E-state index in [9.17, 15) is 18.0 Å². The molecule has 1 aliphatic rings. The highest BCUT2D eigenvalue weighted by atomic mass is 19.4. The van der Waals surface area contributed by atoms with E-state index in [1.165, 1.54) is 11.9 Å². The van der Waals surface area contributed by atoms with Crippen LogP contribution in [0.25, 0.3) is 0 Å². The van der Waals surface area contributed by atoms with E-state index in [0.717, 1.165) is 19.6 Å². The maximum absolute atomic E-state index is 12.3. The van der Waals surface area contributed by atoms with Crippen LogP contribution in [0.15, 0.2) is 0 Å². The van der Waals surface area contributed by atoms with Crippen LogP contribution in [0.4, 0.5) is 13.2 Å². The average molecular weight is 311 g/mol. The number of piperazine rings is 1. The molecule has 1 N–H and O–H groups in total. The van der Waals surface area contributed by atoms with Gasteiger partial charge in [-0.3, -0.25) is 9.69 Å². The first-order chi connectivity index (χ1) is 9.66. The van der Waals surface area contributed by atoms with Gasteiger partial charge in [0.25, 0.3) is 0 Å². The van der Waals surface area contributed by atoms with Gasteiger partial charge in [0.15, 0.2) is 6.10 Å². The van der Waals surface area contributed by atoms with Crippen LogP contribution >= 0.6 is 0 Å². The van der Waals surface area contributed by atoms with Crippen LogP contribution in [0.2, 0.25) is 0 Å². The topological polar surface area (TPSA) is 47.0 Å². The first kappa shape index (κ1) is 18.2. The molecule has 1 amide bonds. The van der Waals surface area contributed by atoms with E-state index in [2.05, 4.69) is 4.90 Å². The average Bonchev–Trinajstić information content (AvgIpc) is 2.44. The zero-order valence-corrected chi connectivity index (χ0v) is 12.7. The fraction of sp³-hybridized carbons (Fsp3) is 0.923. The number of halogens is 3. The van der Waals surface area contributed by atoms with E-state index in [1.807, 2.05) is 6.92 Å². The molecule has 0 aromatic rings. The van der Waals surface area contributed by atoms with Gasteiger partial charge >= 0.3 is 6.18 Å². The number of likely N-dealkylation sites (N-methyl/N-ethyl adjacent to an activating group) is 2. The summed E-state index contributed by atoms with van der Waals surface area (Å²) in [6, 6.07) is -0.685. The second kappa shape index (κ2) is 7.42. The lowest BCUT2D eigenvalue weighted by Gasteiger charge is -2.37. The largest absolute Gasteiger partial charge is 0.415 e. The summed E-state index contributed by atoms with van der Waals surface area (Å²) in [6.45, 7) is 6.68. The van der Waals surface area contributed by atoms with Crippen LogP contribution in [-0.4, -0.2) is 90.4 Å². The summed E-state index contributed by atoms with van der Waals surface area (Å²) in [5.74, 6) is -0.192. The van der Waals surface area contributed by atoms with Crippen LogP contribution in [0, 0.1) is 0 Å². The molecule has 0 bridgehead atoms. The second-order valence-electron chi connectivity index (χ2n) is 5.43. The Morgan fingerprint density at radius 2 is 1.81 bits per heavy atom. The molecule has 2 atom stereocenters. The fourth-order valence-corrected chi connectivity index (χ4v) is 2.27. The summed E-state index contributed by atoms with van der Waals surface area (Å²) < 4.78 is 37.0. The highest BCUT2D eigenvalue weighted by molar-refractivity contribution is 5.81. The molecule has 21 heavy (non-hydrogen) atoms. The Hall–Kier alpha value is -0.860. The summed E-state index contributed by atoms with van der Waals surface area (Å²) in [5, 5.41) is 9.07.